The molecule has 0 fully saturated rings. The number of likely N-dealkylation sites (N-methyl/N-ethyl adjacent to an activating group) is 1. The number of hydrogen-bond donors (Lipinski definition) is 1. The fourth-order valence-electron chi connectivity index (χ4n) is 3.49. The maximum atomic E-state index is 14.1. The third-order valence-corrected chi connectivity index (χ3v) is 5.83. The highest BCUT2D eigenvalue weighted by Crippen LogP contribution is 2.28. The van der Waals surface area contributed by atoms with Gasteiger partial charge in [0.05, 0.1) is 24.8 Å². The summed E-state index contributed by atoms with van der Waals surface area (Å²) in [6, 6.07) is 7.04. The molecule has 0 aliphatic carbocycles. The summed E-state index contributed by atoms with van der Waals surface area (Å²) < 4.78 is 20.8. The molecule has 2 amide bonds. The molecule has 1 aliphatic rings. The van der Waals surface area contributed by atoms with Gasteiger partial charge in [-0.2, -0.15) is 0 Å². The summed E-state index contributed by atoms with van der Waals surface area (Å²) in [6.07, 6.45) is 1.03. The summed E-state index contributed by atoms with van der Waals surface area (Å²) in [5.74, 6) is -1.36. The molecule has 7 nitrogen and oxygen atoms in total. The average molecular weight is 494 g/mol. The standard InChI is InChI=1S/C22H25BrFN3O4/c1-13-10-27(14(2)12-28)22(30)17-8-15(23)9-25-20(17)31-19(13)11-26(3)21(29)16-6-4-5-7-18(16)24/h4-9,13-14,19,28H,10-12H2,1-3H3/t13-,14+,19-/m1/s1. The van der Waals surface area contributed by atoms with E-state index in [4.69, 9.17) is 4.74 Å². The van der Waals surface area contributed by atoms with Crippen LogP contribution in [0.25, 0.3) is 0 Å². The van der Waals surface area contributed by atoms with Crippen molar-refractivity contribution in [1.29, 1.82) is 0 Å². The van der Waals surface area contributed by atoms with E-state index in [0.717, 1.165) is 0 Å². The average Bonchev–Trinajstić information content (AvgIpc) is 2.76. The Morgan fingerprint density at radius 3 is 2.84 bits per heavy atom. The van der Waals surface area contributed by atoms with Crippen molar-refractivity contribution >= 4 is 27.7 Å². The molecule has 0 unspecified atom stereocenters. The zero-order valence-electron chi connectivity index (χ0n) is 17.6. The van der Waals surface area contributed by atoms with E-state index in [1.54, 1.807) is 31.0 Å². The number of aliphatic hydroxyl groups is 1. The Morgan fingerprint density at radius 2 is 2.16 bits per heavy atom. The van der Waals surface area contributed by atoms with Crippen LogP contribution in [0.3, 0.4) is 0 Å². The normalized spacial score (nSPS) is 19.7. The quantitative estimate of drug-likeness (QED) is 0.692. The molecule has 1 aromatic carbocycles. The Balaban J connectivity index is 1.91. The molecule has 3 rings (SSSR count). The van der Waals surface area contributed by atoms with Crippen molar-refractivity contribution in [3.8, 4) is 5.88 Å². The van der Waals surface area contributed by atoms with Crippen molar-refractivity contribution in [3.05, 3.63) is 57.9 Å². The summed E-state index contributed by atoms with van der Waals surface area (Å²) in [6.45, 7) is 3.97. The predicted octanol–water partition coefficient (Wildman–Crippen LogP) is 2.98. The van der Waals surface area contributed by atoms with Gasteiger partial charge in [0.1, 0.15) is 17.5 Å². The molecule has 0 radical (unpaired) electrons. The van der Waals surface area contributed by atoms with Gasteiger partial charge in [-0.05, 0) is 41.1 Å². The van der Waals surface area contributed by atoms with Gasteiger partial charge in [-0.15, -0.1) is 0 Å². The van der Waals surface area contributed by atoms with E-state index < -0.39 is 23.9 Å². The highest BCUT2D eigenvalue weighted by atomic mass is 79.9. The number of benzene rings is 1. The van der Waals surface area contributed by atoms with Crippen LogP contribution in [0, 0.1) is 11.7 Å². The lowest BCUT2D eigenvalue weighted by molar-refractivity contribution is 0.0312. The van der Waals surface area contributed by atoms with Gasteiger partial charge in [-0.25, -0.2) is 9.37 Å². The SMILES string of the molecule is C[C@@H]1CN([C@@H](C)CO)C(=O)c2cc(Br)cnc2O[C@@H]1CN(C)C(=O)c1ccccc1F. The predicted molar refractivity (Wildman–Crippen MR) is 116 cm³/mol. The van der Waals surface area contributed by atoms with Crippen LogP contribution in [0.15, 0.2) is 41.0 Å². The number of carbonyl (C=O) groups excluding carboxylic acids is 2. The van der Waals surface area contributed by atoms with Crippen molar-refractivity contribution in [2.45, 2.75) is 26.0 Å². The van der Waals surface area contributed by atoms with E-state index in [1.807, 2.05) is 6.92 Å². The topological polar surface area (TPSA) is 83.0 Å². The lowest BCUT2D eigenvalue weighted by Crippen LogP contribution is -2.50. The Kier molecular flexibility index (Phi) is 7.27. The second-order valence-corrected chi connectivity index (χ2v) is 8.71. The van der Waals surface area contributed by atoms with Gasteiger partial charge in [-0.3, -0.25) is 9.59 Å². The van der Waals surface area contributed by atoms with Crippen LogP contribution in [0.1, 0.15) is 34.6 Å². The van der Waals surface area contributed by atoms with Crippen LogP contribution < -0.4 is 4.74 Å². The molecule has 3 atom stereocenters. The summed E-state index contributed by atoms with van der Waals surface area (Å²) in [7, 11) is 1.58. The molecular formula is C22H25BrFN3O4. The molecule has 1 aromatic heterocycles. The fourth-order valence-corrected chi connectivity index (χ4v) is 3.82. The van der Waals surface area contributed by atoms with Crippen molar-refractivity contribution in [2.75, 3.05) is 26.7 Å². The van der Waals surface area contributed by atoms with E-state index in [1.165, 1.54) is 29.3 Å². The van der Waals surface area contributed by atoms with E-state index >= 15 is 0 Å². The molecular weight excluding hydrogens is 469 g/mol. The molecule has 0 saturated carbocycles. The number of aromatic nitrogens is 1. The highest BCUT2D eigenvalue weighted by Gasteiger charge is 2.34. The minimum Gasteiger partial charge on any atom is -0.472 e. The maximum Gasteiger partial charge on any atom is 0.259 e. The van der Waals surface area contributed by atoms with E-state index in [-0.39, 0.29) is 42.0 Å². The minimum atomic E-state index is -0.587. The first-order chi connectivity index (χ1) is 14.7. The van der Waals surface area contributed by atoms with Crippen LogP contribution in [-0.4, -0.2) is 70.6 Å². The van der Waals surface area contributed by atoms with E-state index in [9.17, 15) is 19.1 Å². The van der Waals surface area contributed by atoms with Crippen LogP contribution in [0.5, 0.6) is 5.88 Å². The van der Waals surface area contributed by atoms with Crippen molar-refractivity contribution in [2.24, 2.45) is 5.92 Å². The molecule has 0 spiro atoms. The maximum absolute atomic E-state index is 14.1. The van der Waals surface area contributed by atoms with Gasteiger partial charge in [0, 0.05) is 30.2 Å². The number of ether oxygens (including phenoxy) is 1. The fraction of sp³-hybridized carbons (Fsp3) is 0.409. The number of hydrogen-bond acceptors (Lipinski definition) is 5. The summed E-state index contributed by atoms with van der Waals surface area (Å²) >= 11 is 3.33. The van der Waals surface area contributed by atoms with Crippen molar-refractivity contribution in [3.63, 3.8) is 0 Å². The summed E-state index contributed by atoms with van der Waals surface area (Å²) in [4.78, 5) is 33.1. The molecule has 1 aliphatic heterocycles. The number of aliphatic hydroxyl groups excluding tert-OH is 1. The first-order valence-electron chi connectivity index (χ1n) is 9.97. The third kappa shape index (κ3) is 5.04. The summed E-state index contributed by atoms with van der Waals surface area (Å²) in [5, 5.41) is 9.65. The van der Waals surface area contributed by atoms with Crippen LogP contribution >= 0.6 is 15.9 Å². The smallest absolute Gasteiger partial charge is 0.259 e. The number of fused-ring (bicyclic) bond motifs is 1. The van der Waals surface area contributed by atoms with Gasteiger partial charge in [-0.1, -0.05) is 19.1 Å². The second-order valence-electron chi connectivity index (χ2n) is 7.79. The second kappa shape index (κ2) is 9.74. The van der Waals surface area contributed by atoms with Gasteiger partial charge in [0.2, 0.25) is 5.88 Å². The van der Waals surface area contributed by atoms with Gasteiger partial charge >= 0.3 is 0 Å². The zero-order chi connectivity index (χ0) is 22.7. The molecule has 2 aromatic rings. The molecule has 0 saturated heterocycles. The zero-order valence-corrected chi connectivity index (χ0v) is 19.2. The minimum absolute atomic E-state index is 0.0170. The first-order valence-corrected chi connectivity index (χ1v) is 10.8. The van der Waals surface area contributed by atoms with Crippen molar-refractivity contribution in [1.82, 2.24) is 14.8 Å². The number of carbonyl (C=O) groups is 2. The molecule has 31 heavy (non-hydrogen) atoms. The Hall–Kier alpha value is -2.52. The third-order valence-electron chi connectivity index (χ3n) is 5.39. The number of rotatable bonds is 5. The van der Waals surface area contributed by atoms with E-state index in [2.05, 4.69) is 20.9 Å². The van der Waals surface area contributed by atoms with Crippen LogP contribution in [-0.2, 0) is 0 Å². The molecule has 0 bridgehead atoms. The van der Waals surface area contributed by atoms with Gasteiger partial charge in [0.25, 0.3) is 11.8 Å². The number of pyridine rings is 1. The largest absolute Gasteiger partial charge is 0.472 e. The van der Waals surface area contributed by atoms with Crippen LogP contribution in [0.2, 0.25) is 0 Å². The van der Waals surface area contributed by atoms with Gasteiger partial charge in [0.15, 0.2) is 0 Å². The first kappa shape index (κ1) is 23.1. The Bertz CT molecular complexity index is 974. The summed E-state index contributed by atoms with van der Waals surface area (Å²) in [5.41, 5.74) is 0.256. The number of nitrogens with zero attached hydrogens (tertiary/aromatic N) is 3. The molecule has 166 valence electrons. The number of halogens is 2. The lowest BCUT2D eigenvalue weighted by atomic mass is 10.00. The van der Waals surface area contributed by atoms with Crippen molar-refractivity contribution < 1.29 is 23.8 Å². The molecule has 9 heteroatoms. The van der Waals surface area contributed by atoms with E-state index in [0.29, 0.717) is 11.0 Å². The Morgan fingerprint density at radius 1 is 1.45 bits per heavy atom. The monoisotopic (exact) mass is 493 g/mol. The Labute approximate surface area is 189 Å². The lowest BCUT2D eigenvalue weighted by Gasteiger charge is -2.37. The highest BCUT2D eigenvalue weighted by molar-refractivity contribution is 9.10. The molecule has 1 N–H and O–H groups in total. The molecule has 2 heterocycles. The van der Waals surface area contributed by atoms with Crippen LogP contribution in [0.4, 0.5) is 4.39 Å². The number of amides is 2. The van der Waals surface area contributed by atoms with Gasteiger partial charge < -0.3 is 19.6 Å².